The fourth-order valence-electron chi connectivity index (χ4n) is 6.29. The van der Waals surface area contributed by atoms with Gasteiger partial charge in [-0.15, -0.1) is 0 Å². The Morgan fingerprint density at radius 3 is 2.31 bits per heavy atom. The van der Waals surface area contributed by atoms with E-state index in [4.69, 9.17) is 4.74 Å². The monoisotopic (exact) mass is 505 g/mol. The van der Waals surface area contributed by atoms with Crippen LogP contribution in [0.4, 0.5) is 32.0 Å². The van der Waals surface area contributed by atoms with Crippen LogP contribution in [-0.4, -0.2) is 41.6 Å². The first kappa shape index (κ1) is 25.9. The van der Waals surface area contributed by atoms with Crippen molar-refractivity contribution in [2.75, 3.05) is 11.9 Å². The smallest absolute Gasteiger partial charge is 0.418 e. The number of rotatable bonds is 6. The van der Waals surface area contributed by atoms with Crippen molar-refractivity contribution in [3.8, 4) is 11.8 Å². The van der Waals surface area contributed by atoms with E-state index in [9.17, 15) is 36.7 Å². The van der Waals surface area contributed by atoms with Gasteiger partial charge in [-0.2, -0.15) is 31.6 Å². The van der Waals surface area contributed by atoms with Crippen molar-refractivity contribution in [1.29, 1.82) is 5.26 Å². The van der Waals surface area contributed by atoms with Crippen molar-refractivity contribution in [3.63, 3.8) is 0 Å². The summed E-state index contributed by atoms with van der Waals surface area (Å²) < 4.78 is 86.7. The molecule has 1 aromatic carbocycles. The van der Waals surface area contributed by atoms with Crippen LogP contribution in [0.2, 0.25) is 0 Å². The number of alkyl halides is 6. The Morgan fingerprint density at radius 2 is 1.80 bits per heavy atom. The number of hydrogen-bond donors (Lipinski definition) is 3. The number of nitrogens with zero attached hydrogens (tertiary/aromatic N) is 1. The zero-order valence-electron chi connectivity index (χ0n) is 19.7. The first-order valence-corrected chi connectivity index (χ1v) is 11.6. The number of ether oxygens (including phenoxy) is 1. The number of anilines is 1. The lowest BCUT2D eigenvalue weighted by Crippen LogP contribution is -2.78. The van der Waals surface area contributed by atoms with Crippen molar-refractivity contribution in [1.82, 2.24) is 5.32 Å². The summed E-state index contributed by atoms with van der Waals surface area (Å²) in [6, 6.07) is 2.81. The van der Waals surface area contributed by atoms with Crippen molar-refractivity contribution in [2.24, 2.45) is 10.8 Å². The minimum atomic E-state index is -4.72. The molecule has 0 spiro atoms. The van der Waals surface area contributed by atoms with Gasteiger partial charge in [-0.05, 0) is 58.9 Å². The predicted octanol–water partition coefficient (Wildman–Crippen LogP) is 5.38. The van der Waals surface area contributed by atoms with E-state index in [-0.39, 0.29) is 61.4 Å². The second kappa shape index (κ2) is 8.17. The van der Waals surface area contributed by atoms with Gasteiger partial charge >= 0.3 is 12.4 Å². The third-order valence-electron chi connectivity index (χ3n) is 7.79. The molecule has 35 heavy (non-hydrogen) atoms. The highest BCUT2D eigenvalue weighted by Gasteiger charge is 2.83. The van der Waals surface area contributed by atoms with Crippen LogP contribution in [0.15, 0.2) is 12.1 Å². The van der Waals surface area contributed by atoms with Gasteiger partial charge in [0.2, 0.25) is 0 Å². The van der Waals surface area contributed by atoms with Crippen molar-refractivity contribution in [2.45, 2.75) is 89.0 Å². The van der Waals surface area contributed by atoms with Crippen molar-refractivity contribution < 1.29 is 36.2 Å². The fourth-order valence-corrected chi connectivity index (χ4v) is 6.29. The minimum absolute atomic E-state index is 0.0922. The molecule has 0 amide bonds. The molecule has 3 saturated carbocycles. The molecule has 5 rings (SSSR count). The van der Waals surface area contributed by atoms with Crippen LogP contribution >= 0.6 is 0 Å². The molecule has 1 heterocycles. The molecule has 0 aromatic heterocycles. The molecule has 194 valence electrons. The molecule has 0 radical (unpaired) electrons. The number of aliphatic hydroxyl groups is 1. The van der Waals surface area contributed by atoms with Gasteiger partial charge in [0, 0.05) is 29.6 Å². The third kappa shape index (κ3) is 4.33. The first-order valence-electron chi connectivity index (χ1n) is 11.6. The van der Waals surface area contributed by atoms with Crippen molar-refractivity contribution >= 4 is 5.69 Å². The van der Waals surface area contributed by atoms with E-state index in [0.29, 0.717) is 6.42 Å². The quantitative estimate of drug-likeness (QED) is 0.453. The van der Waals surface area contributed by atoms with Crippen LogP contribution in [-0.2, 0) is 6.18 Å². The minimum Gasteiger partial charge on any atom is -0.492 e. The topological polar surface area (TPSA) is 77.3 Å². The highest BCUT2D eigenvalue weighted by molar-refractivity contribution is 5.66. The Kier molecular flexibility index (Phi) is 6.04. The Bertz CT molecular complexity index is 1010. The van der Waals surface area contributed by atoms with Crippen LogP contribution in [0.25, 0.3) is 0 Å². The van der Waals surface area contributed by atoms with Gasteiger partial charge < -0.3 is 20.5 Å². The van der Waals surface area contributed by atoms with Gasteiger partial charge in [-0.3, -0.25) is 0 Å². The van der Waals surface area contributed by atoms with Gasteiger partial charge in [-0.25, -0.2) is 0 Å². The lowest BCUT2D eigenvalue weighted by Gasteiger charge is -2.76. The van der Waals surface area contributed by atoms with Crippen LogP contribution in [0, 0.1) is 22.2 Å². The van der Waals surface area contributed by atoms with Gasteiger partial charge in [-0.1, -0.05) is 0 Å². The first-order chi connectivity index (χ1) is 16.0. The van der Waals surface area contributed by atoms with Crippen LogP contribution in [0.1, 0.15) is 64.0 Å². The standard InChI is InChI=1S/C24H29F6N3O2/c1-13(2)32-19-15(8-31)4-17(5-18(19)23(25,26)27)35-9-16-7-22(34,6-14(3)33-16)20-10-21(11-20,12-20)24(28,29)30/h4-5,13-14,16,32-34H,6-7,9-12H2,1-3H3. The van der Waals surface area contributed by atoms with E-state index in [2.05, 4.69) is 10.6 Å². The lowest BCUT2D eigenvalue weighted by molar-refractivity contribution is -0.403. The molecule has 4 fully saturated rings. The zero-order valence-corrected chi connectivity index (χ0v) is 19.7. The molecule has 11 heteroatoms. The molecule has 3 N–H and O–H groups in total. The van der Waals surface area contributed by atoms with Gasteiger partial charge in [0.1, 0.15) is 18.4 Å². The number of halogens is 6. The van der Waals surface area contributed by atoms with E-state index in [0.717, 1.165) is 6.07 Å². The average Bonchev–Trinajstić information content (AvgIpc) is 2.61. The van der Waals surface area contributed by atoms with Gasteiger partial charge in [0.15, 0.2) is 0 Å². The summed E-state index contributed by atoms with van der Waals surface area (Å²) in [5.41, 5.74) is -5.32. The van der Waals surface area contributed by atoms with Crippen LogP contribution < -0.4 is 15.4 Å². The molecule has 4 aliphatic rings. The number of nitriles is 1. The van der Waals surface area contributed by atoms with Crippen LogP contribution in [0.5, 0.6) is 5.75 Å². The molecular formula is C24H29F6N3O2. The second-order valence-electron chi connectivity index (χ2n) is 10.9. The molecule has 1 aliphatic heterocycles. The molecule has 3 atom stereocenters. The van der Waals surface area contributed by atoms with Crippen LogP contribution in [0.3, 0.4) is 0 Å². The Balaban J connectivity index is 1.49. The maximum atomic E-state index is 13.7. The third-order valence-corrected chi connectivity index (χ3v) is 7.79. The predicted molar refractivity (Wildman–Crippen MR) is 116 cm³/mol. The highest BCUT2D eigenvalue weighted by atomic mass is 19.4. The SMILES string of the molecule is CC(C)Nc1c(C#N)cc(OCC2CC(O)(C34CC(C(F)(F)F)(C3)C4)CC(C)N2)cc1C(F)(F)F. The zero-order chi connectivity index (χ0) is 26.0. The number of hydrogen-bond acceptors (Lipinski definition) is 5. The summed E-state index contributed by atoms with van der Waals surface area (Å²) in [7, 11) is 0. The summed E-state index contributed by atoms with van der Waals surface area (Å²) in [6.07, 6.45) is -8.85. The molecule has 3 unspecified atom stereocenters. The van der Waals surface area contributed by atoms with Crippen molar-refractivity contribution in [3.05, 3.63) is 23.3 Å². The molecule has 2 bridgehead atoms. The van der Waals surface area contributed by atoms with E-state index in [1.54, 1.807) is 19.9 Å². The molecule has 3 aliphatic carbocycles. The largest absolute Gasteiger partial charge is 0.492 e. The molecular weight excluding hydrogens is 476 g/mol. The summed E-state index contributed by atoms with van der Waals surface area (Å²) >= 11 is 0. The maximum absolute atomic E-state index is 13.7. The number of piperidine rings is 1. The number of nitrogens with one attached hydrogen (secondary N) is 2. The summed E-state index contributed by atoms with van der Waals surface area (Å²) in [6.45, 7) is 5.02. The molecule has 1 aromatic rings. The van der Waals surface area contributed by atoms with E-state index < -0.39 is 40.4 Å². The Morgan fingerprint density at radius 1 is 1.17 bits per heavy atom. The Labute approximate surface area is 199 Å². The summed E-state index contributed by atoms with van der Waals surface area (Å²) in [4.78, 5) is 0. The maximum Gasteiger partial charge on any atom is 0.418 e. The van der Waals surface area contributed by atoms with E-state index in [1.807, 2.05) is 6.92 Å². The highest BCUT2D eigenvalue weighted by Crippen LogP contribution is 2.82. The van der Waals surface area contributed by atoms with Gasteiger partial charge in [0.25, 0.3) is 0 Å². The second-order valence-corrected chi connectivity index (χ2v) is 10.9. The number of benzene rings is 1. The fraction of sp³-hybridized carbons (Fsp3) is 0.708. The molecule has 5 nitrogen and oxygen atoms in total. The van der Waals surface area contributed by atoms with Gasteiger partial charge in [0.05, 0.1) is 27.8 Å². The summed E-state index contributed by atoms with van der Waals surface area (Å²) in [5.74, 6) is -0.145. The van der Waals surface area contributed by atoms with E-state index >= 15 is 0 Å². The summed E-state index contributed by atoms with van der Waals surface area (Å²) in [5, 5.41) is 26.7. The van der Waals surface area contributed by atoms with E-state index in [1.165, 1.54) is 6.07 Å². The average molecular weight is 506 g/mol. The molecule has 1 saturated heterocycles. The lowest BCUT2D eigenvalue weighted by atomic mass is 9.29. The Hall–Kier alpha value is -2.19. The normalized spacial score (nSPS) is 34.6.